The quantitative estimate of drug-likeness (QED) is 0.570. The molecule has 29 heavy (non-hydrogen) atoms. The summed E-state index contributed by atoms with van der Waals surface area (Å²) in [6.07, 6.45) is 0. The molecule has 0 bridgehead atoms. The van der Waals surface area contributed by atoms with Crippen LogP contribution in [-0.2, 0) is 16.6 Å². The lowest BCUT2D eigenvalue weighted by molar-refractivity contribution is 0.355. The molecule has 3 rings (SSSR count). The van der Waals surface area contributed by atoms with Crippen LogP contribution in [0.1, 0.15) is 5.56 Å². The molecule has 0 aliphatic carbocycles. The van der Waals surface area contributed by atoms with E-state index in [1.807, 2.05) is 0 Å². The van der Waals surface area contributed by atoms with Gasteiger partial charge in [-0.1, -0.05) is 18.2 Å². The number of benzene rings is 3. The maximum absolute atomic E-state index is 13.7. The fourth-order valence-corrected chi connectivity index (χ4v) is 4.28. The molecule has 0 aliphatic rings. The molecule has 0 saturated heterocycles. The van der Waals surface area contributed by atoms with Crippen molar-refractivity contribution >= 4 is 15.7 Å². The Labute approximate surface area is 168 Å². The minimum absolute atomic E-state index is 0.0887. The highest BCUT2D eigenvalue weighted by Crippen LogP contribution is 2.34. The molecule has 3 aromatic carbocycles. The van der Waals surface area contributed by atoms with E-state index in [-0.39, 0.29) is 17.1 Å². The van der Waals surface area contributed by atoms with E-state index >= 15 is 0 Å². The van der Waals surface area contributed by atoms with Crippen LogP contribution in [-0.4, -0.2) is 22.6 Å². The van der Waals surface area contributed by atoms with Gasteiger partial charge in [0.05, 0.1) is 31.3 Å². The van der Waals surface area contributed by atoms with Crippen molar-refractivity contribution in [2.75, 3.05) is 18.5 Å². The Kier molecular flexibility index (Phi) is 6.03. The Bertz CT molecular complexity index is 1100. The minimum atomic E-state index is -4.13. The molecular weight excluding hydrogens is 400 g/mol. The van der Waals surface area contributed by atoms with Crippen molar-refractivity contribution in [1.29, 1.82) is 0 Å². The minimum Gasteiger partial charge on any atom is -0.493 e. The van der Waals surface area contributed by atoms with Crippen molar-refractivity contribution < 1.29 is 26.7 Å². The second-order valence-electron chi connectivity index (χ2n) is 6.13. The first-order valence-electron chi connectivity index (χ1n) is 8.60. The summed E-state index contributed by atoms with van der Waals surface area (Å²) in [5, 5.41) is 0. The van der Waals surface area contributed by atoms with Crippen LogP contribution in [0, 0.1) is 11.6 Å². The molecule has 0 unspecified atom stereocenters. The number of hydrogen-bond acceptors (Lipinski definition) is 4. The molecule has 3 aromatic rings. The van der Waals surface area contributed by atoms with Crippen LogP contribution in [0.25, 0.3) is 0 Å². The summed E-state index contributed by atoms with van der Waals surface area (Å²) in [5.41, 5.74) is 0.845. The van der Waals surface area contributed by atoms with E-state index in [4.69, 9.17) is 9.47 Å². The van der Waals surface area contributed by atoms with E-state index in [0.29, 0.717) is 17.1 Å². The van der Waals surface area contributed by atoms with Gasteiger partial charge in [0.15, 0.2) is 11.5 Å². The third kappa shape index (κ3) is 4.48. The largest absolute Gasteiger partial charge is 0.493 e. The van der Waals surface area contributed by atoms with E-state index in [0.717, 1.165) is 10.4 Å². The average Bonchev–Trinajstić information content (AvgIpc) is 2.72. The van der Waals surface area contributed by atoms with E-state index < -0.39 is 21.7 Å². The van der Waals surface area contributed by atoms with Gasteiger partial charge in [0.2, 0.25) is 0 Å². The highest BCUT2D eigenvalue weighted by atomic mass is 32.2. The lowest BCUT2D eigenvalue weighted by Gasteiger charge is -2.25. The predicted molar refractivity (Wildman–Crippen MR) is 106 cm³/mol. The van der Waals surface area contributed by atoms with Gasteiger partial charge in [0, 0.05) is 6.07 Å². The number of methoxy groups -OCH3 is 2. The molecule has 5 nitrogen and oxygen atoms in total. The fourth-order valence-electron chi connectivity index (χ4n) is 2.81. The zero-order valence-corrected chi connectivity index (χ0v) is 16.6. The Morgan fingerprint density at radius 3 is 2.14 bits per heavy atom. The van der Waals surface area contributed by atoms with E-state index in [9.17, 15) is 17.2 Å². The van der Waals surface area contributed by atoms with Gasteiger partial charge < -0.3 is 9.47 Å². The van der Waals surface area contributed by atoms with Crippen LogP contribution in [0.2, 0.25) is 0 Å². The van der Waals surface area contributed by atoms with Crippen LogP contribution in [0.4, 0.5) is 14.5 Å². The number of halogens is 2. The van der Waals surface area contributed by atoms with Crippen LogP contribution >= 0.6 is 0 Å². The number of rotatable bonds is 7. The molecule has 8 heteroatoms. The van der Waals surface area contributed by atoms with Crippen molar-refractivity contribution in [3.63, 3.8) is 0 Å². The predicted octanol–water partition coefficient (Wildman–Crippen LogP) is 4.38. The molecule has 0 N–H and O–H groups in total. The topological polar surface area (TPSA) is 55.8 Å². The van der Waals surface area contributed by atoms with Gasteiger partial charge in [0.25, 0.3) is 10.0 Å². The zero-order valence-electron chi connectivity index (χ0n) is 15.8. The summed E-state index contributed by atoms with van der Waals surface area (Å²) >= 11 is 0. The number of hydrogen-bond donors (Lipinski definition) is 0. The average molecular weight is 419 g/mol. The molecule has 0 fully saturated rings. The monoisotopic (exact) mass is 419 g/mol. The summed E-state index contributed by atoms with van der Waals surface area (Å²) in [5.74, 6) is -0.329. The third-order valence-corrected chi connectivity index (χ3v) is 6.05. The fraction of sp³-hybridized carbons (Fsp3) is 0.143. The van der Waals surface area contributed by atoms with Crippen LogP contribution in [0.3, 0.4) is 0 Å². The number of ether oxygens (including phenoxy) is 2. The Hall–Kier alpha value is -3.13. The lowest BCUT2D eigenvalue weighted by atomic mass is 10.2. The third-order valence-electron chi connectivity index (χ3n) is 4.28. The summed E-state index contributed by atoms with van der Waals surface area (Å²) in [6, 6.07) is 14.9. The molecule has 152 valence electrons. The SMILES string of the molecule is COc1ccc(N(Cc2ccc(F)cc2)S(=O)(=O)c2cccc(F)c2)cc1OC. The van der Waals surface area contributed by atoms with Crippen LogP contribution in [0.15, 0.2) is 71.6 Å². The second kappa shape index (κ2) is 8.48. The molecule has 0 aromatic heterocycles. The summed E-state index contributed by atoms with van der Waals surface area (Å²) in [4.78, 5) is -0.200. The first-order valence-corrected chi connectivity index (χ1v) is 10.0. The Balaban J connectivity index is 2.12. The molecule has 0 atom stereocenters. The molecular formula is C21H19F2NO4S. The van der Waals surface area contributed by atoms with E-state index in [2.05, 4.69) is 0 Å². The first-order chi connectivity index (χ1) is 13.8. The van der Waals surface area contributed by atoms with Gasteiger partial charge in [-0.2, -0.15) is 0 Å². The number of nitrogens with zero attached hydrogens (tertiary/aromatic N) is 1. The second-order valence-corrected chi connectivity index (χ2v) is 8.00. The van der Waals surface area contributed by atoms with Gasteiger partial charge in [0.1, 0.15) is 11.6 Å². The highest BCUT2D eigenvalue weighted by molar-refractivity contribution is 7.92. The molecule has 0 amide bonds. The standard InChI is InChI=1S/C21H19F2NO4S/c1-27-20-11-10-18(13-21(20)28-2)24(14-15-6-8-16(22)9-7-15)29(25,26)19-5-3-4-17(23)12-19/h3-13H,14H2,1-2H3. The van der Waals surface area contributed by atoms with Gasteiger partial charge in [-0.25, -0.2) is 17.2 Å². The van der Waals surface area contributed by atoms with Crippen LogP contribution < -0.4 is 13.8 Å². The van der Waals surface area contributed by atoms with Gasteiger partial charge in [-0.3, -0.25) is 4.31 Å². The maximum atomic E-state index is 13.7. The van der Waals surface area contributed by atoms with Crippen molar-refractivity contribution in [1.82, 2.24) is 0 Å². The molecule has 0 heterocycles. The highest BCUT2D eigenvalue weighted by Gasteiger charge is 2.26. The summed E-state index contributed by atoms with van der Waals surface area (Å²) in [6.45, 7) is -0.0887. The number of anilines is 1. The first kappa shape index (κ1) is 20.6. The summed E-state index contributed by atoms with van der Waals surface area (Å²) in [7, 11) is -1.22. The Morgan fingerprint density at radius 2 is 1.52 bits per heavy atom. The molecule has 0 saturated carbocycles. The van der Waals surface area contributed by atoms with E-state index in [1.54, 1.807) is 12.1 Å². The van der Waals surface area contributed by atoms with Gasteiger partial charge >= 0.3 is 0 Å². The smallest absolute Gasteiger partial charge is 0.264 e. The Morgan fingerprint density at radius 1 is 0.828 bits per heavy atom. The van der Waals surface area contributed by atoms with Gasteiger partial charge in [-0.15, -0.1) is 0 Å². The lowest BCUT2D eigenvalue weighted by Crippen LogP contribution is -2.30. The van der Waals surface area contributed by atoms with Crippen molar-refractivity contribution in [2.24, 2.45) is 0 Å². The normalized spacial score (nSPS) is 11.2. The number of sulfonamides is 1. The van der Waals surface area contributed by atoms with Crippen LogP contribution in [0.5, 0.6) is 11.5 Å². The van der Waals surface area contributed by atoms with Gasteiger partial charge in [-0.05, 0) is 48.0 Å². The van der Waals surface area contributed by atoms with E-state index in [1.165, 1.54) is 62.8 Å². The van der Waals surface area contributed by atoms with Crippen molar-refractivity contribution in [3.05, 3.63) is 83.9 Å². The maximum Gasteiger partial charge on any atom is 0.264 e. The zero-order chi connectivity index (χ0) is 21.0. The van der Waals surface area contributed by atoms with Crippen molar-refractivity contribution in [2.45, 2.75) is 11.4 Å². The molecule has 0 aliphatic heterocycles. The molecule has 0 radical (unpaired) electrons. The van der Waals surface area contributed by atoms with Crippen molar-refractivity contribution in [3.8, 4) is 11.5 Å². The molecule has 0 spiro atoms. The summed E-state index contributed by atoms with van der Waals surface area (Å²) < 4.78 is 65.2.